The Morgan fingerprint density at radius 3 is 2.67 bits per heavy atom. The van der Waals surface area contributed by atoms with Gasteiger partial charge in [-0.15, -0.1) is 11.6 Å². The van der Waals surface area contributed by atoms with Crippen LogP contribution in [0.25, 0.3) is 0 Å². The van der Waals surface area contributed by atoms with E-state index in [-0.39, 0.29) is 0 Å². The standard InChI is InChI=1S/C13H13ClIN3/c14-6-7-18(9-11-4-2-1-3-5-11)13-12(15)8-16-10-17-13/h1-5,8,10H,6-7,9H2. The van der Waals surface area contributed by atoms with Crippen molar-refractivity contribution < 1.29 is 0 Å². The maximum Gasteiger partial charge on any atom is 0.145 e. The summed E-state index contributed by atoms with van der Waals surface area (Å²) in [6.07, 6.45) is 3.39. The maximum atomic E-state index is 5.88. The Morgan fingerprint density at radius 1 is 1.22 bits per heavy atom. The van der Waals surface area contributed by atoms with E-state index in [2.05, 4.69) is 49.6 Å². The third-order valence-electron chi connectivity index (χ3n) is 2.52. The number of anilines is 1. The summed E-state index contributed by atoms with van der Waals surface area (Å²) in [5.74, 6) is 1.52. The van der Waals surface area contributed by atoms with E-state index in [4.69, 9.17) is 11.6 Å². The summed E-state index contributed by atoms with van der Waals surface area (Å²) >= 11 is 8.13. The van der Waals surface area contributed by atoms with Gasteiger partial charge in [-0.3, -0.25) is 0 Å². The molecule has 0 spiro atoms. The molecule has 1 heterocycles. The van der Waals surface area contributed by atoms with Gasteiger partial charge in [0.25, 0.3) is 0 Å². The second-order valence-corrected chi connectivity index (χ2v) is 5.33. The summed E-state index contributed by atoms with van der Waals surface area (Å²) in [6, 6.07) is 10.3. The molecule has 0 aliphatic carbocycles. The molecule has 0 unspecified atom stereocenters. The molecule has 0 aliphatic heterocycles. The van der Waals surface area contributed by atoms with Crippen LogP contribution in [0, 0.1) is 3.57 Å². The fourth-order valence-electron chi connectivity index (χ4n) is 1.70. The zero-order chi connectivity index (χ0) is 12.8. The molecule has 0 bridgehead atoms. The van der Waals surface area contributed by atoms with Gasteiger partial charge in [0.05, 0.1) is 3.57 Å². The highest BCUT2D eigenvalue weighted by molar-refractivity contribution is 14.1. The van der Waals surface area contributed by atoms with Crippen LogP contribution in [0.1, 0.15) is 5.56 Å². The molecule has 0 amide bonds. The Hall–Kier alpha value is -0.880. The molecule has 0 atom stereocenters. The quantitative estimate of drug-likeness (QED) is 0.595. The van der Waals surface area contributed by atoms with Gasteiger partial charge in [0.15, 0.2) is 0 Å². The number of alkyl halides is 1. The molecule has 3 nitrogen and oxygen atoms in total. The minimum absolute atomic E-state index is 0.576. The molecule has 0 N–H and O–H groups in total. The molecule has 94 valence electrons. The lowest BCUT2D eigenvalue weighted by molar-refractivity contribution is 0.809. The molecule has 1 aromatic heterocycles. The first-order valence-electron chi connectivity index (χ1n) is 5.61. The van der Waals surface area contributed by atoms with Gasteiger partial charge in [-0.25, -0.2) is 9.97 Å². The zero-order valence-electron chi connectivity index (χ0n) is 9.76. The topological polar surface area (TPSA) is 29.0 Å². The molecule has 0 saturated heterocycles. The smallest absolute Gasteiger partial charge is 0.145 e. The van der Waals surface area contributed by atoms with Crippen molar-refractivity contribution in [2.45, 2.75) is 6.54 Å². The summed E-state index contributed by atoms with van der Waals surface area (Å²) in [6.45, 7) is 1.57. The molecule has 2 aromatic rings. The largest absolute Gasteiger partial charge is 0.350 e. The second-order valence-electron chi connectivity index (χ2n) is 3.79. The molecule has 0 aliphatic rings. The van der Waals surface area contributed by atoms with Crippen LogP contribution in [-0.4, -0.2) is 22.4 Å². The van der Waals surface area contributed by atoms with Crippen LogP contribution >= 0.6 is 34.2 Å². The van der Waals surface area contributed by atoms with Crippen LogP contribution in [0.5, 0.6) is 0 Å². The first-order valence-corrected chi connectivity index (χ1v) is 7.23. The van der Waals surface area contributed by atoms with Crippen LogP contribution in [-0.2, 0) is 6.54 Å². The Labute approximate surface area is 125 Å². The Balaban J connectivity index is 2.21. The number of hydrogen-bond acceptors (Lipinski definition) is 3. The summed E-state index contributed by atoms with van der Waals surface area (Å²) < 4.78 is 1.04. The van der Waals surface area contributed by atoms with Crippen molar-refractivity contribution in [3.63, 3.8) is 0 Å². The van der Waals surface area contributed by atoms with Crippen molar-refractivity contribution in [3.8, 4) is 0 Å². The van der Waals surface area contributed by atoms with Crippen molar-refractivity contribution >= 4 is 40.0 Å². The van der Waals surface area contributed by atoms with E-state index in [1.54, 1.807) is 6.33 Å². The van der Waals surface area contributed by atoms with Gasteiger partial charge < -0.3 is 4.90 Å². The molecule has 0 saturated carbocycles. The zero-order valence-corrected chi connectivity index (χ0v) is 12.7. The fraction of sp³-hybridized carbons (Fsp3) is 0.231. The van der Waals surface area contributed by atoms with E-state index in [0.29, 0.717) is 5.88 Å². The number of benzene rings is 1. The number of hydrogen-bond donors (Lipinski definition) is 0. The average molecular weight is 374 g/mol. The highest BCUT2D eigenvalue weighted by Crippen LogP contribution is 2.20. The highest BCUT2D eigenvalue weighted by Gasteiger charge is 2.11. The number of rotatable bonds is 5. The SMILES string of the molecule is ClCCN(Cc1ccccc1)c1ncncc1I. The third-order valence-corrected chi connectivity index (χ3v) is 3.45. The fourth-order valence-corrected chi connectivity index (χ4v) is 2.55. The van der Waals surface area contributed by atoms with Crippen molar-refractivity contribution in [1.82, 2.24) is 9.97 Å². The van der Waals surface area contributed by atoms with E-state index >= 15 is 0 Å². The maximum absolute atomic E-state index is 5.88. The van der Waals surface area contributed by atoms with Gasteiger partial charge in [0.2, 0.25) is 0 Å². The van der Waals surface area contributed by atoms with Crippen LogP contribution < -0.4 is 4.90 Å². The van der Waals surface area contributed by atoms with Crippen LogP contribution in [0.4, 0.5) is 5.82 Å². The Morgan fingerprint density at radius 2 is 2.00 bits per heavy atom. The summed E-state index contributed by atoms with van der Waals surface area (Å²) in [5.41, 5.74) is 1.25. The molecule has 5 heteroatoms. The van der Waals surface area contributed by atoms with Crippen LogP contribution in [0.2, 0.25) is 0 Å². The minimum atomic E-state index is 0.576. The Bertz CT molecular complexity index is 493. The highest BCUT2D eigenvalue weighted by atomic mass is 127. The molecule has 18 heavy (non-hydrogen) atoms. The molecule has 0 fully saturated rings. The monoisotopic (exact) mass is 373 g/mol. The number of halogens is 2. The summed E-state index contributed by atoms with van der Waals surface area (Å²) in [4.78, 5) is 10.5. The third kappa shape index (κ3) is 3.55. The van der Waals surface area contributed by atoms with Crippen molar-refractivity contribution in [2.24, 2.45) is 0 Å². The van der Waals surface area contributed by atoms with Gasteiger partial charge in [-0.05, 0) is 28.2 Å². The normalized spacial score (nSPS) is 10.3. The van der Waals surface area contributed by atoms with Crippen molar-refractivity contribution in [2.75, 3.05) is 17.3 Å². The van der Waals surface area contributed by atoms with E-state index in [1.807, 2.05) is 24.4 Å². The molecule has 1 aromatic carbocycles. The first kappa shape index (κ1) is 13.5. The lowest BCUT2D eigenvalue weighted by Crippen LogP contribution is -2.26. The molecular formula is C13H13ClIN3. The lowest BCUT2D eigenvalue weighted by Gasteiger charge is -2.23. The van der Waals surface area contributed by atoms with Crippen LogP contribution in [0.15, 0.2) is 42.9 Å². The Kier molecular flexibility index (Phi) is 5.19. The van der Waals surface area contributed by atoms with Crippen molar-refractivity contribution in [1.29, 1.82) is 0 Å². The predicted molar refractivity (Wildman–Crippen MR) is 83.0 cm³/mol. The average Bonchev–Trinajstić information content (AvgIpc) is 2.40. The van der Waals surface area contributed by atoms with Gasteiger partial charge in [-0.2, -0.15) is 0 Å². The number of nitrogens with zero attached hydrogens (tertiary/aromatic N) is 3. The number of aromatic nitrogens is 2. The van der Waals surface area contributed by atoms with Crippen LogP contribution in [0.3, 0.4) is 0 Å². The summed E-state index contributed by atoms with van der Waals surface area (Å²) in [5, 5.41) is 0. The van der Waals surface area contributed by atoms with E-state index in [9.17, 15) is 0 Å². The lowest BCUT2D eigenvalue weighted by atomic mass is 10.2. The van der Waals surface area contributed by atoms with Gasteiger partial charge in [-0.1, -0.05) is 30.3 Å². The summed E-state index contributed by atoms with van der Waals surface area (Å²) in [7, 11) is 0. The second kappa shape index (κ2) is 6.89. The van der Waals surface area contributed by atoms with E-state index in [1.165, 1.54) is 5.56 Å². The van der Waals surface area contributed by atoms with Crippen molar-refractivity contribution in [3.05, 3.63) is 52.0 Å². The van der Waals surface area contributed by atoms with Gasteiger partial charge in [0.1, 0.15) is 12.1 Å². The van der Waals surface area contributed by atoms with Gasteiger partial charge in [0, 0.05) is 25.2 Å². The molecular weight excluding hydrogens is 361 g/mol. The van der Waals surface area contributed by atoms with E-state index < -0.39 is 0 Å². The molecule has 2 rings (SSSR count). The molecule has 0 radical (unpaired) electrons. The predicted octanol–water partition coefficient (Wildman–Crippen LogP) is 3.33. The van der Waals surface area contributed by atoms with E-state index in [0.717, 1.165) is 22.5 Å². The van der Waals surface area contributed by atoms with Gasteiger partial charge >= 0.3 is 0 Å². The first-order chi connectivity index (χ1) is 8.81. The minimum Gasteiger partial charge on any atom is -0.350 e.